The Morgan fingerprint density at radius 1 is 0.977 bits per heavy atom. The smallest absolute Gasteiger partial charge is 0.142 e. The van der Waals surface area contributed by atoms with Crippen molar-refractivity contribution in [1.29, 1.82) is 0 Å². The van der Waals surface area contributed by atoms with Crippen molar-refractivity contribution in [1.82, 2.24) is 0 Å². The van der Waals surface area contributed by atoms with Crippen LogP contribution in [0, 0.1) is 52.3 Å². The van der Waals surface area contributed by atoms with Gasteiger partial charge in [0.2, 0.25) is 0 Å². The Balaban J connectivity index is 0.000000488. The fraction of sp³-hybridized carbons (Fsp3) is 0.641. The molecule has 5 rings (SSSR count). The number of rotatable bonds is 9. The zero-order valence-electron chi connectivity index (χ0n) is 28.4. The van der Waals surface area contributed by atoms with Crippen molar-refractivity contribution in [2.75, 3.05) is 11.5 Å². The van der Waals surface area contributed by atoms with Crippen LogP contribution in [-0.2, 0) is 0 Å². The molecular weight excluding hydrogens is 540 g/mol. The molecular formula is C39H62N4O. The van der Waals surface area contributed by atoms with Crippen LogP contribution in [0.4, 0.5) is 11.4 Å². The molecule has 3 fully saturated rings. The monoisotopic (exact) mass is 602 g/mol. The number of hydrogen-bond donors (Lipinski definition) is 4. The molecule has 0 saturated heterocycles. The molecule has 8 N–H and O–H groups in total. The molecule has 4 aliphatic carbocycles. The van der Waals surface area contributed by atoms with Crippen molar-refractivity contribution in [3.63, 3.8) is 0 Å². The topological polar surface area (TPSA) is 113 Å². The van der Waals surface area contributed by atoms with Gasteiger partial charge in [-0.1, -0.05) is 79.2 Å². The maximum Gasteiger partial charge on any atom is 0.142 e. The van der Waals surface area contributed by atoms with Gasteiger partial charge in [-0.25, -0.2) is 0 Å². The number of fused-ring (bicyclic) bond motifs is 5. The van der Waals surface area contributed by atoms with Gasteiger partial charge in [0.25, 0.3) is 0 Å². The Kier molecular flexibility index (Phi) is 10.9. The molecule has 0 aliphatic heterocycles. The highest BCUT2D eigenvalue weighted by Gasteiger charge is 2.59. The molecule has 1 aromatic rings. The molecule has 0 spiro atoms. The van der Waals surface area contributed by atoms with Crippen molar-refractivity contribution in [2.24, 2.45) is 63.7 Å². The van der Waals surface area contributed by atoms with Gasteiger partial charge in [-0.2, -0.15) is 0 Å². The SMILES string of the molecule is C=C/C(N)=C\C(=C)N.CC(C)CCCC(C)C1CCC2C3C=CC4CC(Oc5ccc(N)cc5N)CCC4(C)C3CCC12C. The Labute approximate surface area is 268 Å². The van der Waals surface area contributed by atoms with Crippen LogP contribution in [0.25, 0.3) is 0 Å². The zero-order chi connectivity index (χ0) is 32.2. The lowest BCUT2D eigenvalue weighted by Gasteiger charge is -2.59. The average molecular weight is 603 g/mol. The van der Waals surface area contributed by atoms with Gasteiger partial charge < -0.3 is 27.7 Å². The van der Waals surface area contributed by atoms with E-state index in [4.69, 9.17) is 27.7 Å². The first-order valence-electron chi connectivity index (χ1n) is 17.3. The van der Waals surface area contributed by atoms with Crippen molar-refractivity contribution >= 4 is 11.4 Å². The lowest BCUT2D eigenvalue weighted by atomic mass is 9.46. The van der Waals surface area contributed by atoms with Gasteiger partial charge in [-0.3, -0.25) is 0 Å². The van der Waals surface area contributed by atoms with Crippen LogP contribution in [0.15, 0.2) is 67.1 Å². The molecule has 4 aliphatic rings. The quantitative estimate of drug-likeness (QED) is 0.128. The third-order valence-corrected chi connectivity index (χ3v) is 12.2. The Hall–Kier alpha value is -2.82. The Bertz CT molecular complexity index is 1220. The predicted octanol–water partition coefficient (Wildman–Crippen LogP) is 8.98. The maximum atomic E-state index is 6.43. The normalized spacial score (nSPS) is 35.0. The number of ether oxygens (including phenoxy) is 1. The van der Waals surface area contributed by atoms with E-state index >= 15 is 0 Å². The molecule has 5 nitrogen and oxygen atoms in total. The van der Waals surface area contributed by atoms with Crippen LogP contribution >= 0.6 is 0 Å². The Morgan fingerprint density at radius 3 is 2.32 bits per heavy atom. The number of hydrogen-bond acceptors (Lipinski definition) is 5. The van der Waals surface area contributed by atoms with Crippen molar-refractivity contribution in [3.8, 4) is 5.75 Å². The fourth-order valence-corrected chi connectivity index (χ4v) is 9.84. The van der Waals surface area contributed by atoms with E-state index in [1.54, 1.807) is 6.08 Å². The fourth-order valence-electron chi connectivity index (χ4n) is 9.84. The summed E-state index contributed by atoms with van der Waals surface area (Å²) in [5, 5.41) is 0. The van der Waals surface area contributed by atoms with E-state index in [1.807, 2.05) is 18.2 Å². The lowest BCUT2D eigenvalue weighted by Crippen LogP contribution is -2.52. The highest BCUT2D eigenvalue weighted by atomic mass is 16.5. The van der Waals surface area contributed by atoms with E-state index < -0.39 is 0 Å². The minimum atomic E-state index is 0.242. The molecule has 0 bridgehead atoms. The van der Waals surface area contributed by atoms with E-state index in [0.717, 1.165) is 54.1 Å². The van der Waals surface area contributed by atoms with Gasteiger partial charge in [-0.05, 0) is 128 Å². The summed E-state index contributed by atoms with van der Waals surface area (Å²) >= 11 is 0. The summed E-state index contributed by atoms with van der Waals surface area (Å²) < 4.78 is 6.43. The molecule has 44 heavy (non-hydrogen) atoms. The lowest BCUT2D eigenvalue weighted by molar-refractivity contribution is -0.0782. The van der Waals surface area contributed by atoms with E-state index in [-0.39, 0.29) is 6.10 Å². The summed E-state index contributed by atoms with van der Waals surface area (Å²) in [7, 11) is 0. The molecule has 0 heterocycles. The van der Waals surface area contributed by atoms with Gasteiger partial charge in [0, 0.05) is 17.1 Å². The number of nitrogen functional groups attached to an aromatic ring is 2. The molecule has 9 atom stereocenters. The largest absolute Gasteiger partial charge is 0.488 e. The van der Waals surface area contributed by atoms with Gasteiger partial charge in [0.15, 0.2) is 0 Å². The summed E-state index contributed by atoms with van der Waals surface area (Å²) in [6.07, 6.45) is 22.1. The summed E-state index contributed by atoms with van der Waals surface area (Å²) in [4.78, 5) is 0. The molecule has 0 amide bonds. The number of nitrogens with two attached hydrogens (primary N) is 4. The van der Waals surface area contributed by atoms with Gasteiger partial charge in [0.1, 0.15) is 5.75 Å². The van der Waals surface area contributed by atoms with E-state index in [0.29, 0.717) is 39.5 Å². The molecule has 3 saturated carbocycles. The third kappa shape index (κ3) is 7.35. The number of allylic oxidation sites excluding steroid dienone is 4. The molecule has 9 unspecified atom stereocenters. The summed E-state index contributed by atoms with van der Waals surface area (Å²) in [6.45, 7) is 19.5. The summed E-state index contributed by atoms with van der Waals surface area (Å²) in [6, 6.07) is 5.64. The second kappa shape index (κ2) is 14.1. The second-order valence-electron chi connectivity index (χ2n) is 15.6. The first kappa shape index (κ1) is 34.1. The standard InChI is InChI=1S/C33H52N2O.C6H10N2/c1-21(2)7-6-8-22(3)27-12-13-28-26-11-9-23-19-25(36-31-14-10-24(34)20-30(31)35)15-17-32(23,4)29(26)16-18-33(27,28)5;1-3-6(8)4-5(2)7/h9-11,14,20-23,25-29H,6-8,12-13,15-19,34-35H2,1-5H3;3-4H,1-2,7-8H2/b;6-4+. The summed E-state index contributed by atoms with van der Waals surface area (Å²) in [5.41, 5.74) is 25.8. The third-order valence-electron chi connectivity index (χ3n) is 12.2. The van der Waals surface area contributed by atoms with Crippen molar-refractivity contribution in [2.45, 2.75) is 105 Å². The van der Waals surface area contributed by atoms with Crippen molar-refractivity contribution < 1.29 is 4.74 Å². The number of benzene rings is 1. The van der Waals surface area contributed by atoms with E-state index in [1.165, 1.54) is 57.4 Å². The van der Waals surface area contributed by atoms with E-state index in [2.05, 4.69) is 59.9 Å². The van der Waals surface area contributed by atoms with Crippen LogP contribution in [0.1, 0.15) is 98.8 Å². The maximum absolute atomic E-state index is 6.43. The van der Waals surface area contributed by atoms with Gasteiger partial charge in [0.05, 0.1) is 11.8 Å². The van der Waals surface area contributed by atoms with Crippen LogP contribution < -0.4 is 27.7 Å². The van der Waals surface area contributed by atoms with Crippen molar-refractivity contribution in [3.05, 3.63) is 67.1 Å². The van der Waals surface area contributed by atoms with Gasteiger partial charge in [-0.15, -0.1) is 0 Å². The zero-order valence-corrected chi connectivity index (χ0v) is 28.4. The Morgan fingerprint density at radius 2 is 1.68 bits per heavy atom. The molecule has 1 aromatic carbocycles. The molecule has 0 aromatic heterocycles. The predicted molar refractivity (Wildman–Crippen MR) is 188 cm³/mol. The van der Waals surface area contributed by atoms with Gasteiger partial charge >= 0.3 is 0 Å². The first-order chi connectivity index (χ1) is 20.8. The minimum absolute atomic E-state index is 0.242. The minimum Gasteiger partial charge on any atom is -0.488 e. The average Bonchev–Trinajstić information content (AvgIpc) is 3.31. The number of anilines is 2. The van der Waals surface area contributed by atoms with Crippen LogP contribution in [-0.4, -0.2) is 6.10 Å². The molecule has 0 radical (unpaired) electrons. The van der Waals surface area contributed by atoms with Crippen LogP contribution in [0.5, 0.6) is 5.75 Å². The van der Waals surface area contributed by atoms with Crippen LogP contribution in [0.3, 0.4) is 0 Å². The molecule has 5 heteroatoms. The second-order valence-corrected chi connectivity index (χ2v) is 15.6. The summed E-state index contributed by atoms with van der Waals surface area (Å²) in [5.74, 6) is 6.54. The first-order valence-corrected chi connectivity index (χ1v) is 17.3. The van der Waals surface area contributed by atoms with E-state index in [9.17, 15) is 0 Å². The van der Waals surface area contributed by atoms with Crippen LogP contribution in [0.2, 0.25) is 0 Å². The highest BCUT2D eigenvalue weighted by Crippen LogP contribution is 2.67. The highest BCUT2D eigenvalue weighted by molar-refractivity contribution is 5.60. The molecule has 244 valence electrons.